The average Bonchev–Trinajstić information content (AvgIpc) is 2.51. The molecule has 0 atom stereocenters. The highest BCUT2D eigenvalue weighted by Crippen LogP contribution is 2.29. The third kappa shape index (κ3) is 4.68. The van der Waals surface area contributed by atoms with Crippen LogP contribution in [0.3, 0.4) is 0 Å². The molecule has 128 valence electrons. The van der Waals surface area contributed by atoms with Crippen LogP contribution < -0.4 is 5.32 Å². The summed E-state index contributed by atoms with van der Waals surface area (Å²) in [6.45, 7) is 0.00647. The van der Waals surface area contributed by atoms with Gasteiger partial charge in [0.15, 0.2) is 5.03 Å². The average molecular weight is 379 g/mol. The highest BCUT2D eigenvalue weighted by Gasteiger charge is 2.29. The van der Waals surface area contributed by atoms with Crippen molar-refractivity contribution < 1.29 is 26.4 Å². The first-order chi connectivity index (χ1) is 11.1. The molecule has 0 radical (unpaired) electrons. The third-order valence-electron chi connectivity index (χ3n) is 2.98. The van der Waals surface area contributed by atoms with Gasteiger partial charge in [0, 0.05) is 23.4 Å². The molecule has 24 heavy (non-hydrogen) atoms. The van der Waals surface area contributed by atoms with Gasteiger partial charge in [-0.1, -0.05) is 12.1 Å². The Balaban J connectivity index is 2.00. The number of benzene rings is 1. The first kappa shape index (κ1) is 18.2. The summed E-state index contributed by atoms with van der Waals surface area (Å²) >= 11 is 0. The minimum absolute atomic E-state index is 0.00647. The van der Waals surface area contributed by atoms with Crippen molar-refractivity contribution in [1.29, 1.82) is 0 Å². The van der Waals surface area contributed by atoms with E-state index in [1.807, 2.05) is 0 Å². The second-order valence-corrected chi connectivity index (χ2v) is 7.21. The zero-order chi connectivity index (χ0) is 18.0. The molecule has 2 aromatic rings. The van der Waals surface area contributed by atoms with Crippen LogP contribution >= 0.6 is 10.7 Å². The lowest BCUT2D eigenvalue weighted by atomic mass is 10.1. The van der Waals surface area contributed by atoms with Crippen molar-refractivity contribution in [1.82, 2.24) is 10.3 Å². The summed E-state index contributed by atoms with van der Waals surface area (Å²) in [5.41, 5.74) is -0.213. The van der Waals surface area contributed by atoms with Crippen molar-refractivity contribution in [2.75, 3.05) is 0 Å². The van der Waals surface area contributed by atoms with E-state index >= 15 is 0 Å². The Bertz CT molecular complexity index is 835. The van der Waals surface area contributed by atoms with Crippen LogP contribution in [0.25, 0.3) is 0 Å². The second-order valence-electron chi connectivity index (χ2n) is 4.70. The molecule has 0 bridgehead atoms. The van der Waals surface area contributed by atoms with Gasteiger partial charge in [0.2, 0.25) is 0 Å². The van der Waals surface area contributed by atoms with Crippen LogP contribution in [0, 0.1) is 0 Å². The lowest BCUT2D eigenvalue weighted by Crippen LogP contribution is -2.23. The van der Waals surface area contributed by atoms with Gasteiger partial charge in [0.1, 0.15) is 0 Å². The summed E-state index contributed by atoms with van der Waals surface area (Å²) in [5.74, 6) is -0.555. The van der Waals surface area contributed by atoms with E-state index in [-0.39, 0.29) is 17.1 Å². The first-order valence-corrected chi connectivity index (χ1v) is 8.73. The summed E-state index contributed by atoms with van der Waals surface area (Å²) < 4.78 is 59.4. The molecular formula is C14H10ClF3N2O3S. The van der Waals surface area contributed by atoms with Gasteiger partial charge in [-0.15, -0.1) is 0 Å². The van der Waals surface area contributed by atoms with E-state index in [0.29, 0.717) is 5.56 Å². The van der Waals surface area contributed by atoms with Gasteiger partial charge in [0.05, 0.1) is 11.1 Å². The summed E-state index contributed by atoms with van der Waals surface area (Å²) in [6, 6.07) is 6.65. The number of amides is 1. The van der Waals surface area contributed by atoms with Crippen molar-refractivity contribution in [3.8, 4) is 0 Å². The number of carbonyl (C=O) groups excluding carboxylic acids is 1. The van der Waals surface area contributed by atoms with E-state index in [0.717, 1.165) is 24.4 Å². The molecule has 1 N–H and O–H groups in total. The molecule has 0 fully saturated rings. The zero-order valence-electron chi connectivity index (χ0n) is 11.8. The molecule has 2 rings (SSSR count). The highest BCUT2D eigenvalue weighted by molar-refractivity contribution is 8.13. The Labute approximate surface area is 139 Å². The second kappa shape index (κ2) is 6.78. The number of hydrogen-bond donors (Lipinski definition) is 1. The standard InChI is InChI=1S/C14H10ClF3N2O3S/c15-24(22,23)12-6-3-10(8-19-12)13(21)20-7-9-1-4-11(5-2-9)14(16,17)18/h1-6,8H,7H2,(H,20,21). The van der Waals surface area contributed by atoms with Gasteiger partial charge >= 0.3 is 6.18 Å². The van der Waals surface area contributed by atoms with Crippen LogP contribution in [0.5, 0.6) is 0 Å². The zero-order valence-corrected chi connectivity index (χ0v) is 13.4. The maximum Gasteiger partial charge on any atom is 0.416 e. The Morgan fingerprint density at radius 2 is 1.75 bits per heavy atom. The topological polar surface area (TPSA) is 76.1 Å². The summed E-state index contributed by atoms with van der Waals surface area (Å²) in [5, 5.41) is 2.10. The fraction of sp³-hybridized carbons (Fsp3) is 0.143. The number of aromatic nitrogens is 1. The number of carbonyl (C=O) groups is 1. The van der Waals surface area contributed by atoms with Gasteiger partial charge < -0.3 is 5.32 Å². The number of halogens is 4. The van der Waals surface area contributed by atoms with Gasteiger partial charge in [-0.05, 0) is 29.8 Å². The summed E-state index contributed by atoms with van der Waals surface area (Å²) in [7, 11) is 1.13. The number of hydrogen-bond acceptors (Lipinski definition) is 4. The summed E-state index contributed by atoms with van der Waals surface area (Å²) in [6.07, 6.45) is -3.38. The number of nitrogens with one attached hydrogen (secondary N) is 1. The van der Waals surface area contributed by atoms with E-state index in [1.165, 1.54) is 18.2 Å². The molecule has 1 amide bonds. The lowest BCUT2D eigenvalue weighted by molar-refractivity contribution is -0.137. The molecule has 0 aliphatic heterocycles. The largest absolute Gasteiger partial charge is 0.416 e. The maximum absolute atomic E-state index is 12.4. The Morgan fingerprint density at radius 1 is 1.12 bits per heavy atom. The van der Waals surface area contributed by atoms with Crippen LogP contribution in [-0.4, -0.2) is 19.3 Å². The molecule has 5 nitrogen and oxygen atoms in total. The normalized spacial score (nSPS) is 12.0. The molecule has 0 unspecified atom stereocenters. The Kier molecular flexibility index (Phi) is 5.14. The third-order valence-corrected chi connectivity index (χ3v) is 4.20. The monoisotopic (exact) mass is 378 g/mol. The Morgan fingerprint density at radius 3 is 2.21 bits per heavy atom. The molecule has 0 aliphatic rings. The van der Waals surface area contributed by atoms with E-state index in [9.17, 15) is 26.4 Å². The van der Waals surface area contributed by atoms with Crippen molar-refractivity contribution >= 4 is 25.6 Å². The molecule has 0 saturated heterocycles. The smallest absolute Gasteiger partial charge is 0.348 e. The van der Waals surface area contributed by atoms with E-state index in [4.69, 9.17) is 10.7 Å². The first-order valence-electron chi connectivity index (χ1n) is 6.42. The van der Waals surface area contributed by atoms with E-state index < -0.39 is 26.7 Å². The van der Waals surface area contributed by atoms with E-state index in [2.05, 4.69) is 10.3 Å². The molecule has 1 aromatic carbocycles. The van der Waals surface area contributed by atoms with Gasteiger partial charge in [-0.25, -0.2) is 13.4 Å². The minimum Gasteiger partial charge on any atom is -0.348 e. The van der Waals surface area contributed by atoms with Gasteiger partial charge in [-0.2, -0.15) is 13.2 Å². The molecule has 1 heterocycles. The molecule has 1 aromatic heterocycles. The molecular weight excluding hydrogens is 369 g/mol. The van der Waals surface area contributed by atoms with Crippen LogP contribution in [0.2, 0.25) is 0 Å². The van der Waals surface area contributed by atoms with Crippen molar-refractivity contribution in [2.24, 2.45) is 0 Å². The quantitative estimate of drug-likeness (QED) is 0.830. The molecule has 0 saturated carbocycles. The predicted molar refractivity (Wildman–Crippen MR) is 79.9 cm³/mol. The van der Waals surface area contributed by atoms with Gasteiger partial charge in [0.25, 0.3) is 15.0 Å². The molecule has 10 heteroatoms. The predicted octanol–water partition coefficient (Wildman–Crippen LogP) is 2.96. The fourth-order valence-electron chi connectivity index (χ4n) is 1.75. The van der Waals surface area contributed by atoms with Crippen LogP contribution in [-0.2, 0) is 21.8 Å². The summed E-state index contributed by atoms with van der Waals surface area (Å²) in [4.78, 5) is 15.5. The Hall–Kier alpha value is -2.13. The van der Waals surface area contributed by atoms with Crippen LogP contribution in [0.15, 0.2) is 47.6 Å². The number of nitrogens with zero attached hydrogens (tertiary/aromatic N) is 1. The van der Waals surface area contributed by atoms with Crippen molar-refractivity contribution in [2.45, 2.75) is 17.7 Å². The highest BCUT2D eigenvalue weighted by atomic mass is 35.7. The van der Waals surface area contributed by atoms with Gasteiger partial charge in [-0.3, -0.25) is 4.79 Å². The van der Waals surface area contributed by atoms with Crippen LogP contribution in [0.1, 0.15) is 21.5 Å². The van der Waals surface area contributed by atoms with Crippen molar-refractivity contribution in [3.63, 3.8) is 0 Å². The minimum atomic E-state index is -4.42. The maximum atomic E-state index is 12.4. The fourth-order valence-corrected chi connectivity index (χ4v) is 2.44. The molecule has 0 spiro atoms. The number of rotatable bonds is 4. The molecule has 0 aliphatic carbocycles. The number of alkyl halides is 3. The SMILES string of the molecule is O=C(NCc1ccc(C(F)(F)F)cc1)c1ccc(S(=O)(=O)Cl)nc1. The lowest BCUT2D eigenvalue weighted by Gasteiger charge is -2.08. The number of pyridine rings is 1. The van der Waals surface area contributed by atoms with E-state index in [1.54, 1.807) is 0 Å². The van der Waals surface area contributed by atoms with Crippen molar-refractivity contribution in [3.05, 3.63) is 59.3 Å². The van der Waals surface area contributed by atoms with Crippen LogP contribution in [0.4, 0.5) is 13.2 Å².